The van der Waals surface area contributed by atoms with Gasteiger partial charge < -0.3 is 15.6 Å². The number of carbonyl (C=O) groups is 1. The summed E-state index contributed by atoms with van der Waals surface area (Å²) in [6.07, 6.45) is 3.89. The van der Waals surface area contributed by atoms with Gasteiger partial charge in [-0.15, -0.1) is 11.3 Å². The zero-order chi connectivity index (χ0) is 19.7. The van der Waals surface area contributed by atoms with E-state index in [0.717, 1.165) is 31.2 Å². The number of thiophene rings is 1. The Kier molecular flexibility index (Phi) is 5.03. The molecule has 146 valence electrons. The molecule has 0 unspecified atom stereocenters. The Morgan fingerprint density at radius 2 is 1.93 bits per heavy atom. The second kappa shape index (κ2) is 7.48. The van der Waals surface area contributed by atoms with Gasteiger partial charge in [0.05, 0.1) is 11.1 Å². The fourth-order valence-corrected chi connectivity index (χ4v) is 4.31. The molecule has 0 bridgehead atoms. The first kappa shape index (κ1) is 18.8. The van der Waals surface area contributed by atoms with Gasteiger partial charge in [0.1, 0.15) is 5.00 Å². The van der Waals surface area contributed by atoms with E-state index in [0.29, 0.717) is 28.2 Å². The summed E-state index contributed by atoms with van der Waals surface area (Å²) in [5.41, 5.74) is 8.46. The average Bonchev–Trinajstić information content (AvgIpc) is 3.42. The quantitative estimate of drug-likeness (QED) is 0.639. The lowest BCUT2D eigenvalue weighted by molar-refractivity contribution is 0.102. The lowest BCUT2D eigenvalue weighted by Gasteiger charge is -2.17. The smallest absolute Gasteiger partial charge is 0.260 e. The summed E-state index contributed by atoms with van der Waals surface area (Å²) in [4.78, 5) is 17.2. The van der Waals surface area contributed by atoms with Crippen molar-refractivity contribution in [1.29, 1.82) is 0 Å². The molecular formula is C21H24N4O2S. The standard InChI is InChI=1S/C21H24N4O2S/c1-13(2)14-5-7-15(8-6-14)17(26)23-19-16(9-12-28-19)18-24-20(25-27-18)21(22)10-3-4-11-21/h5-9,12-13H,3-4,10-11,22H2,1-2H3,(H,23,26). The number of hydrogen-bond donors (Lipinski definition) is 2. The van der Waals surface area contributed by atoms with Crippen molar-refractivity contribution < 1.29 is 9.32 Å². The summed E-state index contributed by atoms with van der Waals surface area (Å²) in [5.74, 6) is 1.20. The Bertz CT molecular complexity index is 968. The van der Waals surface area contributed by atoms with Crippen LogP contribution in [0.3, 0.4) is 0 Å². The maximum absolute atomic E-state index is 12.7. The van der Waals surface area contributed by atoms with Crippen LogP contribution in [0.5, 0.6) is 0 Å². The second-order valence-corrected chi connectivity index (χ2v) is 8.60. The van der Waals surface area contributed by atoms with Gasteiger partial charge in [0.25, 0.3) is 11.8 Å². The van der Waals surface area contributed by atoms with Crippen molar-refractivity contribution in [2.24, 2.45) is 5.73 Å². The number of amides is 1. The number of benzene rings is 1. The Balaban J connectivity index is 1.53. The van der Waals surface area contributed by atoms with Crippen LogP contribution in [-0.4, -0.2) is 16.0 Å². The fraction of sp³-hybridized carbons (Fsp3) is 0.381. The van der Waals surface area contributed by atoms with Crippen molar-refractivity contribution in [2.75, 3.05) is 5.32 Å². The number of rotatable bonds is 5. The minimum Gasteiger partial charge on any atom is -0.334 e. The molecule has 1 aliphatic carbocycles. The van der Waals surface area contributed by atoms with Gasteiger partial charge in [-0.05, 0) is 47.9 Å². The topological polar surface area (TPSA) is 94.0 Å². The first-order valence-electron chi connectivity index (χ1n) is 9.58. The third-order valence-corrected chi connectivity index (χ3v) is 6.16. The van der Waals surface area contributed by atoms with Crippen molar-refractivity contribution in [3.63, 3.8) is 0 Å². The van der Waals surface area contributed by atoms with Gasteiger partial charge >= 0.3 is 0 Å². The first-order chi connectivity index (χ1) is 13.5. The van der Waals surface area contributed by atoms with Gasteiger partial charge in [0, 0.05) is 5.56 Å². The predicted octanol–water partition coefficient (Wildman–Crippen LogP) is 4.90. The van der Waals surface area contributed by atoms with E-state index in [-0.39, 0.29) is 5.91 Å². The Hall–Kier alpha value is -2.51. The van der Waals surface area contributed by atoms with E-state index in [1.54, 1.807) is 0 Å². The molecular weight excluding hydrogens is 372 g/mol. The Labute approximate surface area is 168 Å². The van der Waals surface area contributed by atoms with Gasteiger partial charge in [-0.2, -0.15) is 4.98 Å². The maximum atomic E-state index is 12.7. The molecule has 2 aromatic heterocycles. The van der Waals surface area contributed by atoms with Gasteiger partial charge in [-0.3, -0.25) is 4.79 Å². The monoisotopic (exact) mass is 396 g/mol. The van der Waals surface area contributed by atoms with Crippen LogP contribution in [0.15, 0.2) is 40.2 Å². The van der Waals surface area contributed by atoms with Gasteiger partial charge in [-0.25, -0.2) is 0 Å². The first-order valence-corrected chi connectivity index (χ1v) is 10.5. The van der Waals surface area contributed by atoms with Crippen molar-refractivity contribution >= 4 is 22.2 Å². The average molecular weight is 397 g/mol. The number of nitrogens with one attached hydrogen (secondary N) is 1. The molecule has 0 atom stereocenters. The van der Waals surface area contributed by atoms with E-state index in [1.807, 2.05) is 35.7 Å². The number of nitrogens with two attached hydrogens (primary N) is 1. The molecule has 1 aliphatic rings. The highest BCUT2D eigenvalue weighted by Crippen LogP contribution is 2.37. The fourth-order valence-electron chi connectivity index (χ4n) is 3.53. The van der Waals surface area contributed by atoms with Crippen LogP contribution < -0.4 is 11.1 Å². The highest BCUT2D eigenvalue weighted by Gasteiger charge is 2.36. The van der Waals surface area contributed by atoms with Crippen LogP contribution in [0.4, 0.5) is 5.00 Å². The maximum Gasteiger partial charge on any atom is 0.260 e. The molecule has 0 spiro atoms. The highest BCUT2D eigenvalue weighted by atomic mass is 32.1. The number of anilines is 1. The lowest BCUT2D eigenvalue weighted by atomic mass is 9.99. The zero-order valence-corrected chi connectivity index (χ0v) is 16.9. The largest absolute Gasteiger partial charge is 0.334 e. The van der Waals surface area contributed by atoms with E-state index >= 15 is 0 Å². The Morgan fingerprint density at radius 1 is 1.21 bits per heavy atom. The molecule has 0 radical (unpaired) electrons. The summed E-state index contributed by atoms with van der Waals surface area (Å²) in [5, 5.41) is 9.65. The van der Waals surface area contributed by atoms with Crippen LogP contribution in [0.1, 0.15) is 67.2 Å². The third-order valence-electron chi connectivity index (χ3n) is 5.33. The molecule has 28 heavy (non-hydrogen) atoms. The van der Waals surface area contributed by atoms with E-state index in [1.165, 1.54) is 16.9 Å². The van der Waals surface area contributed by atoms with Gasteiger partial charge in [-0.1, -0.05) is 44.0 Å². The summed E-state index contributed by atoms with van der Waals surface area (Å²) < 4.78 is 5.47. The normalized spacial score (nSPS) is 15.9. The second-order valence-electron chi connectivity index (χ2n) is 7.68. The highest BCUT2D eigenvalue weighted by molar-refractivity contribution is 7.15. The third kappa shape index (κ3) is 3.59. The van der Waals surface area contributed by atoms with E-state index < -0.39 is 5.54 Å². The molecule has 3 aromatic rings. The number of carbonyl (C=O) groups excluding carboxylic acids is 1. The molecule has 7 heteroatoms. The molecule has 0 aliphatic heterocycles. The summed E-state index contributed by atoms with van der Waals surface area (Å²) in [6, 6.07) is 9.54. The molecule has 1 amide bonds. The molecule has 1 saturated carbocycles. The number of aromatic nitrogens is 2. The van der Waals surface area contributed by atoms with Crippen LogP contribution >= 0.6 is 11.3 Å². The van der Waals surface area contributed by atoms with Crippen molar-refractivity contribution in [1.82, 2.24) is 10.1 Å². The molecule has 2 heterocycles. The molecule has 1 fully saturated rings. The van der Waals surface area contributed by atoms with E-state index in [4.69, 9.17) is 10.3 Å². The number of nitrogens with zero attached hydrogens (tertiary/aromatic N) is 2. The van der Waals surface area contributed by atoms with Crippen LogP contribution in [0, 0.1) is 0 Å². The van der Waals surface area contributed by atoms with Crippen LogP contribution in [-0.2, 0) is 5.54 Å². The number of hydrogen-bond acceptors (Lipinski definition) is 6. The van der Waals surface area contributed by atoms with Crippen molar-refractivity contribution in [2.45, 2.75) is 51.0 Å². The van der Waals surface area contributed by atoms with E-state index in [9.17, 15) is 4.79 Å². The molecule has 3 N–H and O–H groups in total. The molecule has 0 saturated heterocycles. The van der Waals surface area contributed by atoms with Crippen molar-refractivity contribution in [3.05, 3.63) is 52.7 Å². The molecule has 4 rings (SSSR count). The summed E-state index contributed by atoms with van der Waals surface area (Å²) >= 11 is 1.43. The summed E-state index contributed by atoms with van der Waals surface area (Å²) in [7, 11) is 0. The minimum absolute atomic E-state index is 0.162. The predicted molar refractivity (Wildman–Crippen MR) is 110 cm³/mol. The minimum atomic E-state index is -0.501. The lowest BCUT2D eigenvalue weighted by Crippen LogP contribution is -2.34. The van der Waals surface area contributed by atoms with Gasteiger partial charge in [0.2, 0.25) is 0 Å². The van der Waals surface area contributed by atoms with Crippen LogP contribution in [0.2, 0.25) is 0 Å². The Morgan fingerprint density at radius 3 is 2.61 bits per heavy atom. The molecule has 1 aromatic carbocycles. The van der Waals surface area contributed by atoms with Crippen molar-refractivity contribution in [3.8, 4) is 11.5 Å². The van der Waals surface area contributed by atoms with Crippen LogP contribution in [0.25, 0.3) is 11.5 Å². The van der Waals surface area contributed by atoms with E-state index in [2.05, 4.69) is 29.3 Å². The van der Waals surface area contributed by atoms with Gasteiger partial charge in [0.15, 0.2) is 5.82 Å². The zero-order valence-electron chi connectivity index (χ0n) is 16.1. The SMILES string of the molecule is CC(C)c1ccc(C(=O)Nc2sccc2-c2nc(C3(N)CCCC3)no2)cc1. The summed E-state index contributed by atoms with van der Waals surface area (Å²) in [6.45, 7) is 4.26. The molecule has 6 nitrogen and oxygen atoms in total.